The third-order valence-electron chi connectivity index (χ3n) is 2.70. The fourth-order valence-corrected chi connectivity index (χ4v) is 1.96. The molecular weight excluding hydrogens is 240 g/mol. The Labute approximate surface area is 113 Å². The average molecular weight is 260 g/mol. The first-order chi connectivity index (χ1) is 9.17. The van der Waals surface area contributed by atoms with Gasteiger partial charge < -0.3 is 9.73 Å². The van der Waals surface area contributed by atoms with Gasteiger partial charge in [-0.25, -0.2) is 9.97 Å². The van der Waals surface area contributed by atoms with E-state index in [0.717, 1.165) is 36.0 Å². The third kappa shape index (κ3) is 4.06. The quantitative estimate of drug-likeness (QED) is 0.864. The fourth-order valence-electron chi connectivity index (χ4n) is 1.96. The van der Waals surface area contributed by atoms with Gasteiger partial charge in [0.25, 0.3) is 0 Å². The lowest BCUT2D eigenvalue weighted by molar-refractivity contribution is 0.309. The zero-order valence-corrected chi connectivity index (χ0v) is 11.7. The van der Waals surface area contributed by atoms with Gasteiger partial charge in [-0.3, -0.25) is 4.90 Å². The van der Waals surface area contributed by atoms with Crippen LogP contribution in [0.2, 0.25) is 0 Å². The second kappa shape index (κ2) is 6.33. The Balaban J connectivity index is 2.01. The molecule has 2 aromatic rings. The average Bonchev–Trinajstić information content (AvgIpc) is 2.81. The van der Waals surface area contributed by atoms with Crippen LogP contribution >= 0.6 is 0 Å². The van der Waals surface area contributed by atoms with E-state index in [1.54, 1.807) is 12.5 Å². The Morgan fingerprint density at radius 2 is 2.16 bits per heavy atom. The predicted molar refractivity (Wildman–Crippen MR) is 74.8 cm³/mol. The lowest BCUT2D eigenvalue weighted by Crippen LogP contribution is -2.19. The van der Waals surface area contributed by atoms with Crippen molar-refractivity contribution in [2.75, 3.05) is 18.9 Å². The van der Waals surface area contributed by atoms with Crippen LogP contribution in [0.5, 0.6) is 0 Å². The first kappa shape index (κ1) is 13.5. The molecule has 0 radical (unpaired) electrons. The minimum Gasteiger partial charge on any atom is -0.472 e. The first-order valence-corrected chi connectivity index (χ1v) is 6.45. The summed E-state index contributed by atoms with van der Waals surface area (Å²) in [6, 6.07) is 3.93. The summed E-state index contributed by atoms with van der Waals surface area (Å²) in [6.45, 7) is 6.45. The van der Waals surface area contributed by atoms with Crippen molar-refractivity contribution in [1.29, 1.82) is 0 Å². The van der Waals surface area contributed by atoms with E-state index in [1.807, 2.05) is 26.1 Å². The highest BCUT2D eigenvalue weighted by atomic mass is 16.3. The molecule has 0 aromatic carbocycles. The summed E-state index contributed by atoms with van der Waals surface area (Å²) in [5, 5.41) is 3.22. The van der Waals surface area contributed by atoms with Crippen molar-refractivity contribution in [3.63, 3.8) is 0 Å². The molecule has 102 valence electrons. The maximum absolute atomic E-state index is 5.07. The number of furan rings is 1. The van der Waals surface area contributed by atoms with Crippen LogP contribution in [0.4, 0.5) is 5.82 Å². The summed E-state index contributed by atoms with van der Waals surface area (Å²) in [6.07, 6.45) is 3.45. The van der Waals surface area contributed by atoms with Crippen molar-refractivity contribution in [3.05, 3.63) is 41.7 Å². The van der Waals surface area contributed by atoms with E-state index in [0.29, 0.717) is 6.54 Å². The lowest BCUT2D eigenvalue weighted by Gasteiger charge is -2.15. The SMILES string of the molecule is CCNc1cc(C)nc(CN(C)Cc2ccoc2)n1. The number of rotatable bonds is 6. The van der Waals surface area contributed by atoms with Crippen molar-refractivity contribution < 1.29 is 4.42 Å². The van der Waals surface area contributed by atoms with E-state index in [-0.39, 0.29) is 0 Å². The van der Waals surface area contributed by atoms with Crippen LogP contribution in [-0.4, -0.2) is 28.5 Å². The number of hydrogen-bond donors (Lipinski definition) is 1. The van der Waals surface area contributed by atoms with Crippen molar-refractivity contribution in [2.24, 2.45) is 0 Å². The van der Waals surface area contributed by atoms with Crippen LogP contribution in [0.3, 0.4) is 0 Å². The van der Waals surface area contributed by atoms with Crippen LogP contribution in [0, 0.1) is 6.92 Å². The molecule has 0 atom stereocenters. The highest BCUT2D eigenvalue weighted by Crippen LogP contribution is 2.09. The van der Waals surface area contributed by atoms with E-state index in [9.17, 15) is 0 Å². The normalized spacial score (nSPS) is 10.9. The summed E-state index contributed by atoms with van der Waals surface area (Å²) in [4.78, 5) is 11.1. The molecule has 2 aromatic heterocycles. The molecule has 5 heteroatoms. The van der Waals surface area contributed by atoms with Crippen LogP contribution in [-0.2, 0) is 13.1 Å². The molecule has 1 N–H and O–H groups in total. The first-order valence-electron chi connectivity index (χ1n) is 6.45. The fraction of sp³-hybridized carbons (Fsp3) is 0.429. The van der Waals surface area contributed by atoms with Crippen LogP contribution in [0.1, 0.15) is 24.0 Å². The highest BCUT2D eigenvalue weighted by molar-refractivity contribution is 5.35. The predicted octanol–water partition coefficient (Wildman–Crippen LogP) is 2.44. The molecule has 0 amide bonds. The minimum atomic E-state index is 0.714. The van der Waals surface area contributed by atoms with E-state index >= 15 is 0 Å². The maximum atomic E-state index is 5.07. The molecular formula is C14H20N4O. The van der Waals surface area contributed by atoms with Gasteiger partial charge >= 0.3 is 0 Å². The number of nitrogens with zero attached hydrogens (tertiary/aromatic N) is 3. The van der Waals surface area contributed by atoms with Crippen molar-refractivity contribution >= 4 is 5.82 Å². The van der Waals surface area contributed by atoms with Gasteiger partial charge in [0.15, 0.2) is 0 Å². The largest absolute Gasteiger partial charge is 0.472 e. The minimum absolute atomic E-state index is 0.714. The molecule has 0 aliphatic carbocycles. The van der Waals surface area contributed by atoms with Gasteiger partial charge in [0, 0.05) is 30.4 Å². The smallest absolute Gasteiger partial charge is 0.144 e. The highest BCUT2D eigenvalue weighted by Gasteiger charge is 2.07. The van der Waals surface area contributed by atoms with Crippen LogP contribution in [0.25, 0.3) is 0 Å². The van der Waals surface area contributed by atoms with Gasteiger partial charge in [0.1, 0.15) is 11.6 Å². The van der Waals surface area contributed by atoms with Crippen LogP contribution in [0.15, 0.2) is 29.1 Å². The zero-order chi connectivity index (χ0) is 13.7. The molecule has 0 aliphatic heterocycles. The van der Waals surface area contributed by atoms with Gasteiger partial charge in [0.05, 0.1) is 19.1 Å². The molecule has 2 rings (SSSR count). The number of nitrogens with one attached hydrogen (secondary N) is 1. The van der Waals surface area contributed by atoms with E-state index < -0.39 is 0 Å². The van der Waals surface area contributed by atoms with E-state index in [4.69, 9.17) is 4.42 Å². The lowest BCUT2D eigenvalue weighted by atomic mass is 10.3. The molecule has 0 saturated heterocycles. The summed E-state index contributed by atoms with van der Waals surface area (Å²) >= 11 is 0. The monoisotopic (exact) mass is 260 g/mol. The van der Waals surface area contributed by atoms with Gasteiger partial charge in [0.2, 0.25) is 0 Å². The Morgan fingerprint density at radius 1 is 1.32 bits per heavy atom. The molecule has 0 spiro atoms. The van der Waals surface area contributed by atoms with Gasteiger partial charge in [-0.05, 0) is 27.0 Å². The second-order valence-electron chi connectivity index (χ2n) is 4.65. The van der Waals surface area contributed by atoms with Crippen molar-refractivity contribution in [3.8, 4) is 0 Å². The van der Waals surface area contributed by atoms with Gasteiger partial charge in [-0.1, -0.05) is 0 Å². The molecule has 0 fully saturated rings. The van der Waals surface area contributed by atoms with Crippen molar-refractivity contribution in [2.45, 2.75) is 26.9 Å². The molecule has 0 aliphatic rings. The van der Waals surface area contributed by atoms with Gasteiger partial charge in [-0.15, -0.1) is 0 Å². The second-order valence-corrected chi connectivity index (χ2v) is 4.65. The Morgan fingerprint density at radius 3 is 2.84 bits per heavy atom. The van der Waals surface area contributed by atoms with E-state index in [2.05, 4.69) is 27.1 Å². The number of aryl methyl sites for hydroxylation is 1. The van der Waals surface area contributed by atoms with Gasteiger partial charge in [-0.2, -0.15) is 0 Å². The van der Waals surface area contributed by atoms with E-state index in [1.165, 1.54) is 0 Å². The number of anilines is 1. The number of aromatic nitrogens is 2. The molecule has 5 nitrogen and oxygen atoms in total. The van der Waals surface area contributed by atoms with Crippen molar-refractivity contribution in [1.82, 2.24) is 14.9 Å². The summed E-state index contributed by atoms with van der Waals surface area (Å²) in [5.41, 5.74) is 2.14. The summed E-state index contributed by atoms with van der Waals surface area (Å²) in [5.74, 6) is 1.73. The Hall–Kier alpha value is -1.88. The topological polar surface area (TPSA) is 54.2 Å². The molecule has 0 saturated carbocycles. The number of hydrogen-bond acceptors (Lipinski definition) is 5. The molecule has 19 heavy (non-hydrogen) atoms. The Bertz CT molecular complexity index is 510. The molecule has 2 heterocycles. The van der Waals surface area contributed by atoms with Crippen LogP contribution < -0.4 is 5.32 Å². The maximum Gasteiger partial charge on any atom is 0.144 e. The Kier molecular flexibility index (Phi) is 4.52. The molecule has 0 unspecified atom stereocenters. The summed E-state index contributed by atoms with van der Waals surface area (Å²) in [7, 11) is 2.05. The summed E-state index contributed by atoms with van der Waals surface area (Å²) < 4.78 is 5.07. The molecule has 0 bridgehead atoms. The third-order valence-corrected chi connectivity index (χ3v) is 2.70. The zero-order valence-electron chi connectivity index (χ0n) is 11.7. The standard InChI is InChI=1S/C14H20N4O/c1-4-15-13-7-11(2)16-14(17-13)9-18(3)8-12-5-6-19-10-12/h5-7,10H,4,8-9H2,1-3H3,(H,15,16,17).